The topological polar surface area (TPSA) is 72.1 Å². The molecule has 134 valence electrons. The number of carbonyl (C=O) groups is 1. The van der Waals surface area contributed by atoms with Crippen molar-refractivity contribution < 1.29 is 9.21 Å². The van der Waals surface area contributed by atoms with E-state index in [0.717, 1.165) is 16.3 Å². The number of carbonyl (C=O) groups excluding carboxylic acids is 1. The van der Waals surface area contributed by atoms with Crippen LogP contribution in [-0.4, -0.2) is 32.0 Å². The van der Waals surface area contributed by atoms with Gasteiger partial charge in [-0.05, 0) is 39.0 Å². The van der Waals surface area contributed by atoms with E-state index in [4.69, 9.17) is 4.42 Å². The van der Waals surface area contributed by atoms with Gasteiger partial charge in [0, 0.05) is 23.1 Å². The second-order valence-electron chi connectivity index (χ2n) is 6.05. The molecule has 0 aliphatic rings. The third-order valence-electron chi connectivity index (χ3n) is 3.73. The van der Waals surface area contributed by atoms with Crippen molar-refractivity contribution in [3.05, 3.63) is 58.4 Å². The van der Waals surface area contributed by atoms with Crippen molar-refractivity contribution in [1.82, 2.24) is 20.1 Å². The Morgan fingerprint density at radius 1 is 1.27 bits per heavy atom. The third-order valence-corrected chi connectivity index (χ3v) is 4.52. The van der Waals surface area contributed by atoms with Gasteiger partial charge in [0.2, 0.25) is 17.7 Å². The normalized spacial score (nSPS) is 11.4. The predicted molar refractivity (Wildman–Crippen MR) is 101 cm³/mol. The first-order valence-electron chi connectivity index (χ1n) is 8.31. The first-order valence-corrected chi connectivity index (χ1v) is 9.19. The van der Waals surface area contributed by atoms with Gasteiger partial charge in [-0.25, -0.2) is 4.98 Å². The molecule has 0 aliphatic heterocycles. The summed E-state index contributed by atoms with van der Waals surface area (Å²) in [5.41, 5.74) is 1.64. The summed E-state index contributed by atoms with van der Waals surface area (Å²) in [4.78, 5) is 18.6. The van der Waals surface area contributed by atoms with Gasteiger partial charge >= 0.3 is 0 Å². The van der Waals surface area contributed by atoms with Gasteiger partial charge in [0.1, 0.15) is 0 Å². The van der Waals surface area contributed by atoms with Crippen LogP contribution in [0.25, 0.3) is 17.5 Å². The van der Waals surface area contributed by atoms with Crippen LogP contribution in [0.4, 0.5) is 0 Å². The van der Waals surface area contributed by atoms with Crippen molar-refractivity contribution in [3.8, 4) is 11.5 Å². The van der Waals surface area contributed by atoms with Crippen LogP contribution in [0.3, 0.4) is 0 Å². The maximum Gasteiger partial charge on any atom is 0.247 e. The lowest BCUT2D eigenvalue weighted by Crippen LogP contribution is -2.35. The van der Waals surface area contributed by atoms with E-state index < -0.39 is 0 Å². The maximum absolute atomic E-state index is 12.6. The lowest BCUT2D eigenvalue weighted by Gasteiger charge is -2.23. The second-order valence-corrected chi connectivity index (χ2v) is 7.11. The zero-order valence-corrected chi connectivity index (χ0v) is 15.7. The molecule has 3 rings (SSSR count). The first kappa shape index (κ1) is 18.0. The predicted octanol–water partition coefficient (Wildman–Crippen LogP) is 3.95. The highest BCUT2D eigenvalue weighted by molar-refractivity contribution is 7.09. The Morgan fingerprint density at radius 2 is 2.04 bits per heavy atom. The van der Waals surface area contributed by atoms with Crippen LogP contribution in [0.5, 0.6) is 0 Å². The lowest BCUT2D eigenvalue weighted by molar-refractivity contribution is -0.128. The molecule has 26 heavy (non-hydrogen) atoms. The van der Waals surface area contributed by atoms with E-state index in [1.54, 1.807) is 22.3 Å². The SMILES string of the molecule is Cc1nc(C=CC(=O)N(Cc2nnc(-c3ccccc3)o2)C(C)C)cs1. The van der Waals surface area contributed by atoms with Gasteiger partial charge in [-0.3, -0.25) is 4.79 Å². The molecule has 2 heterocycles. The summed E-state index contributed by atoms with van der Waals surface area (Å²) in [6.45, 7) is 6.10. The number of amides is 1. The molecule has 0 saturated heterocycles. The molecular formula is C19H20N4O2S. The summed E-state index contributed by atoms with van der Waals surface area (Å²) in [5, 5.41) is 11.0. The minimum absolute atomic E-state index is 0.00334. The number of hydrogen-bond acceptors (Lipinski definition) is 6. The fourth-order valence-corrected chi connectivity index (χ4v) is 2.97. The fourth-order valence-electron chi connectivity index (χ4n) is 2.38. The highest BCUT2D eigenvalue weighted by Crippen LogP contribution is 2.18. The quantitative estimate of drug-likeness (QED) is 0.616. The van der Waals surface area contributed by atoms with Gasteiger partial charge in [0.25, 0.3) is 0 Å². The second kappa shape index (κ2) is 8.05. The van der Waals surface area contributed by atoms with Crippen molar-refractivity contribution in [2.75, 3.05) is 0 Å². The molecule has 0 fully saturated rings. The van der Waals surface area contributed by atoms with Crippen LogP contribution in [0.1, 0.15) is 30.4 Å². The zero-order chi connectivity index (χ0) is 18.5. The van der Waals surface area contributed by atoms with Crippen LogP contribution in [-0.2, 0) is 11.3 Å². The van der Waals surface area contributed by atoms with Crippen molar-refractivity contribution in [1.29, 1.82) is 0 Å². The first-order chi connectivity index (χ1) is 12.5. The number of thiazole rings is 1. The highest BCUT2D eigenvalue weighted by atomic mass is 32.1. The van der Waals surface area contributed by atoms with E-state index in [-0.39, 0.29) is 18.5 Å². The monoisotopic (exact) mass is 368 g/mol. The van der Waals surface area contributed by atoms with E-state index in [1.165, 1.54) is 6.08 Å². The molecule has 6 nitrogen and oxygen atoms in total. The van der Waals surface area contributed by atoms with E-state index in [0.29, 0.717) is 11.8 Å². The van der Waals surface area contributed by atoms with E-state index in [9.17, 15) is 4.79 Å². The summed E-state index contributed by atoms with van der Waals surface area (Å²) >= 11 is 1.55. The molecule has 0 bridgehead atoms. The van der Waals surface area contributed by atoms with Gasteiger partial charge in [-0.1, -0.05) is 18.2 Å². The molecule has 0 spiro atoms. The van der Waals surface area contributed by atoms with E-state index >= 15 is 0 Å². The minimum atomic E-state index is -0.120. The Bertz CT molecular complexity index is 899. The van der Waals surface area contributed by atoms with Gasteiger partial charge in [-0.15, -0.1) is 21.5 Å². The molecule has 0 atom stereocenters. The zero-order valence-electron chi connectivity index (χ0n) is 14.9. The van der Waals surface area contributed by atoms with Crippen molar-refractivity contribution in [3.63, 3.8) is 0 Å². The van der Waals surface area contributed by atoms with Crippen LogP contribution >= 0.6 is 11.3 Å². The summed E-state index contributed by atoms with van der Waals surface area (Å²) < 4.78 is 5.72. The minimum Gasteiger partial charge on any atom is -0.419 e. The summed E-state index contributed by atoms with van der Waals surface area (Å²) in [7, 11) is 0. The number of rotatable bonds is 6. The Morgan fingerprint density at radius 3 is 2.69 bits per heavy atom. The molecule has 3 aromatic rings. The smallest absolute Gasteiger partial charge is 0.247 e. The molecular weight excluding hydrogens is 348 g/mol. The van der Waals surface area contributed by atoms with Gasteiger partial charge in [0.15, 0.2) is 0 Å². The standard InChI is InChI=1S/C19H20N4O2S/c1-13(2)23(18(24)10-9-16-12-26-14(3)20-16)11-17-21-22-19(25-17)15-7-5-4-6-8-15/h4-10,12-13H,11H2,1-3H3. The molecule has 0 N–H and O–H groups in total. The number of aromatic nitrogens is 3. The number of benzene rings is 1. The molecule has 7 heteroatoms. The fraction of sp³-hybridized carbons (Fsp3) is 0.263. The van der Waals surface area contributed by atoms with Gasteiger partial charge < -0.3 is 9.32 Å². The molecule has 1 amide bonds. The highest BCUT2D eigenvalue weighted by Gasteiger charge is 2.19. The molecule has 0 radical (unpaired) electrons. The Hall–Kier alpha value is -2.80. The Balaban J connectivity index is 1.71. The number of hydrogen-bond donors (Lipinski definition) is 0. The Labute approximate surface area is 156 Å². The van der Waals surface area contributed by atoms with Crippen LogP contribution in [0.15, 0.2) is 46.2 Å². The number of aryl methyl sites for hydroxylation is 1. The Kier molecular flexibility index (Phi) is 5.58. The van der Waals surface area contributed by atoms with Crippen LogP contribution in [0.2, 0.25) is 0 Å². The van der Waals surface area contributed by atoms with E-state index in [2.05, 4.69) is 15.2 Å². The summed E-state index contributed by atoms with van der Waals surface area (Å²) in [6.07, 6.45) is 3.26. The maximum atomic E-state index is 12.6. The van der Waals surface area contributed by atoms with Crippen LogP contribution in [0, 0.1) is 6.92 Å². The van der Waals surface area contributed by atoms with E-state index in [1.807, 2.05) is 56.5 Å². The molecule has 2 aromatic heterocycles. The molecule has 1 aromatic carbocycles. The largest absolute Gasteiger partial charge is 0.419 e. The van der Waals surface area contributed by atoms with Gasteiger partial charge in [-0.2, -0.15) is 0 Å². The van der Waals surface area contributed by atoms with Crippen molar-refractivity contribution >= 4 is 23.3 Å². The number of nitrogens with zero attached hydrogens (tertiary/aromatic N) is 4. The van der Waals surface area contributed by atoms with Crippen molar-refractivity contribution in [2.24, 2.45) is 0 Å². The lowest BCUT2D eigenvalue weighted by atomic mass is 10.2. The summed E-state index contributed by atoms with van der Waals surface area (Å²) in [5.74, 6) is 0.735. The third kappa shape index (κ3) is 4.43. The van der Waals surface area contributed by atoms with Gasteiger partial charge in [0.05, 0.1) is 17.2 Å². The molecule has 0 saturated carbocycles. The molecule has 0 aliphatic carbocycles. The average Bonchev–Trinajstić information content (AvgIpc) is 3.27. The average molecular weight is 368 g/mol. The van der Waals surface area contributed by atoms with Crippen LogP contribution < -0.4 is 0 Å². The van der Waals surface area contributed by atoms with Crippen molar-refractivity contribution in [2.45, 2.75) is 33.4 Å². The summed E-state index contributed by atoms with van der Waals surface area (Å²) in [6, 6.07) is 9.55. The molecule has 0 unspecified atom stereocenters.